The van der Waals surface area contributed by atoms with Crippen LogP contribution < -0.4 is 0 Å². The number of hydrogen-bond acceptors (Lipinski definition) is 6. The van der Waals surface area contributed by atoms with E-state index in [1.165, 1.54) is 16.6 Å². The number of carbonyl (C=O) groups excluding carboxylic acids is 1. The molecule has 7 heteroatoms. The van der Waals surface area contributed by atoms with E-state index in [4.69, 9.17) is 4.74 Å². The van der Waals surface area contributed by atoms with Crippen molar-refractivity contribution in [1.82, 2.24) is 15.2 Å². The minimum absolute atomic E-state index is 0.225. The highest BCUT2D eigenvalue weighted by molar-refractivity contribution is 7.99. The zero-order valence-corrected chi connectivity index (χ0v) is 14.2. The van der Waals surface area contributed by atoms with Gasteiger partial charge in [-0.1, -0.05) is 6.07 Å². The Labute approximate surface area is 132 Å². The van der Waals surface area contributed by atoms with Gasteiger partial charge in [-0.2, -0.15) is 0 Å². The van der Waals surface area contributed by atoms with Crippen LogP contribution in [-0.4, -0.2) is 26.6 Å². The highest BCUT2D eigenvalue weighted by atomic mass is 32.2. The van der Waals surface area contributed by atoms with Crippen LogP contribution in [0.15, 0.2) is 22.7 Å². The summed E-state index contributed by atoms with van der Waals surface area (Å²) < 4.78 is 5.37. The molecule has 21 heavy (non-hydrogen) atoms. The van der Waals surface area contributed by atoms with E-state index in [0.717, 1.165) is 12.2 Å². The Balaban J connectivity index is 1.88. The molecule has 0 amide bonds. The number of carbonyl (C=O) groups is 1. The predicted octanol–water partition coefficient (Wildman–Crippen LogP) is 3.48. The predicted molar refractivity (Wildman–Crippen MR) is 84.4 cm³/mol. The fraction of sp³-hybridized carbons (Fsp3) is 0.500. The van der Waals surface area contributed by atoms with Crippen molar-refractivity contribution in [3.8, 4) is 0 Å². The molecule has 0 aliphatic heterocycles. The second-order valence-electron chi connectivity index (χ2n) is 5.66. The lowest BCUT2D eigenvalue weighted by Crippen LogP contribution is -2.25. The number of thiophene rings is 1. The zero-order chi connectivity index (χ0) is 15.5. The van der Waals surface area contributed by atoms with Gasteiger partial charge in [-0.05, 0) is 50.9 Å². The first-order valence-corrected chi connectivity index (χ1v) is 8.42. The number of nitrogens with zero attached hydrogens (tertiary/aromatic N) is 2. The molecule has 0 aliphatic rings. The van der Waals surface area contributed by atoms with Gasteiger partial charge >= 0.3 is 5.97 Å². The molecular weight excluding hydrogens is 306 g/mol. The minimum Gasteiger partial charge on any atom is -0.451 e. The number of aromatic nitrogens is 3. The maximum atomic E-state index is 11.8. The molecular formula is C14H19N3O2S2. The van der Waals surface area contributed by atoms with Crippen molar-refractivity contribution < 1.29 is 9.53 Å². The summed E-state index contributed by atoms with van der Waals surface area (Å²) in [5, 5.41) is 9.69. The lowest BCUT2D eigenvalue weighted by Gasteiger charge is -2.19. The van der Waals surface area contributed by atoms with Crippen LogP contribution in [0.25, 0.3) is 0 Å². The van der Waals surface area contributed by atoms with Gasteiger partial charge < -0.3 is 4.74 Å². The van der Waals surface area contributed by atoms with Crippen LogP contribution in [-0.2, 0) is 16.0 Å². The molecule has 2 aromatic heterocycles. The van der Waals surface area contributed by atoms with Crippen LogP contribution in [0, 0.1) is 5.41 Å². The molecule has 2 heterocycles. The number of aromatic amines is 1. The Kier molecular flexibility index (Phi) is 5.05. The van der Waals surface area contributed by atoms with E-state index in [1.807, 2.05) is 39.1 Å². The van der Waals surface area contributed by atoms with E-state index in [9.17, 15) is 4.79 Å². The van der Waals surface area contributed by atoms with Gasteiger partial charge in [0.1, 0.15) is 5.82 Å². The van der Waals surface area contributed by atoms with E-state index in [0.29, 0.717) is 5.16 Å². The minimum atomic E-state index is -0.502. The van der Waals surface area contributed by atoms with Crippen molar-refractivity contribution in [2.45, 2.75) is 44.7 Å². The highest BCUT2D eigenvalue weighted by Crippen LogP contribution is 2.24. The van der Waals surface area contributed by atoms with Crippen LogP contribution in [0.5, 0.6) is 0 Å². The maximum Gasteiger partial charge on any atom is 0.312 e. The number of ether oxygens (including phenoxy) is 1. The third-order valence-electron chi connectivity index (χ3n) is 2.59. The van der Waals surface area contributed by atoms with Crippen LogP contribution in [0.1, 0.15) is 38.4 Å². The molecule has 1 atom stereocenters. The summed E-state index contributed by atoms with van der Waals surface area (Å²) in [4.78, 5) is 17.4. The summed E-state index contributed by atoms with van der Waals surface area (Å²) in [5.74, 6) is 0.589. The highest BCUT2D eigenvalue weighted by Gasteiger charge is 2.25. The quantitative estimate of drug-likeness (QED) is 0.518. The number of nitrogens with one attached hydrogen (secondary N) is 1. The van der Waals surface area contributed by atoms with Crippen LogP contribution >= 0.6 is 23.1 Å². The molecule has 0 saturated heterocycles. The summed E-state index contributed by atoms with van der Waals surface area (Å²) in [6.45, 7) is 7.32. The summed E-state index contributed by atoms with van der Waals surface area (Å²) in [6, 6.07) is 4.08. The van der Waals surface area contributed by atoms with Crippen molar-refractivity contribution in [1.29, 1.82) is 0 Å². The Morgan fingerprint density at radius 3 is 2.90 bits per heavy atom. The molecule has 0 fully saturated rings. The second-order valence-corrected chi connectivity index (χ2v) is 7.96. The molecule has 1 N–H and O–H groups in total. The summed E-state index contributed by atoms with van der Waals surface area (Å²) >= 11 is 3.02. The number of H-pyrrole nitrogens is 1. The molecule has 2 aromatic rings. The lowest BCUT2D eigenvalue weighted by atomic mass is 9.97. The van der Waals surface area contributed by atoms with E-state index >= 15 is 0 Å². The van der Waals surface area contributed by atoms with E-state index < -0.39 is 5.41 Å². The zero-order valence-electron chi connectivity index (χ0n) is 12.5. The first kappa shape index (κ1) is 16.0. The van der Waals surface area contributed by atoms with E-state index in [1.54, 1.807) is 11.3 Å². The molecule has 0 spiro atoms. The monoisotopic (exact) mass is 325 g/mol. The summed E-state index contributed by atoms with van der Waals surface area (Å²) in [5.41, 5.74) is -0.819. The molecule has 0 saturated carbocycles. The van der Waals surface area contributed by atoms with Gasteiger partial charge in [-0.15, -0.1) is 16.4 Å². The smallest absolute Gasteiger partial charge is 0.312 e. The van der Waals surface area contributed by atoms with Crippen molar-refractivity contribution in [3.05, 3.63) is 28.2 Å². The van der Waals surface area contributed by atoms with Crippen LogP contribution in [0.3, 0.4) is 0 Å². The average molecular weight is 325 g/mol. The van der Waals surface area contributed by atoms with Gasteiger partial charge in [-0.25, -0.2) is 4.98 Å². The Hall–Kier alpha value is -1.34. The number of thioether (sulfide) groups is 1. The van der Waals surface area contributed by atoms with Crippen molar-refractivity contribution in [2.24, 2.45) is 5.41 Å². The van der Waals surface area contributed by atoms with E-state index in [2.05, 4.69) is 21.2 Å². The number of esters is 1. The molecule has 0 aliphatic carbocycles. The Bertz CT molecular complexity index is 588. The van der Waals surface area contributed by atoms with Gasteiger partial charge in [0.05, 0.1) is 5.41 Å². The van der Waals surface area contributed by atoms with Crippen molar-refractivity contribution >= 4 is 29.1 Å². The first-order chi connectivity index (χ1) is 9.84. The Morgan fingerprint density at radius 1 is 1.52 bits per heavy atom. The van der Waals surface area contributed by atoms with Crippen molar-refractivity contribution in [2.75, 3.05) is 0 Å². The maximum absolute atomic E-state index is 11.8. The van der Waals surface area contributed by atoms with Gasteiger partial charge in [-0.3, -0.25) is 9.89 Å². The SMILES string of the molecule is C[C@H](OC(=O)C(C)(C)C)Sc1n[nH]c(Cc2cccs2)n1. The molecule has 0 aromatic carbocycles. The van der Waals surface area contributed by atoms with Crippen LogP contribution in [0.4, 0.5) is 0 Å². The third kappa shape index (κ3) is 4.86. The van der Waals surface area contributed by atoms with Gasteiger partial charge in [0.2, 0.25) is 5.16 Å². The number of hydrogen-bond donors (Lipinski definition) is 1. The standard InChI is InChI=1S/C14H19N3O2S2/c1-9(19-12(18)14(2,3)4)21-13-15-11(16-17-13)8-10-6-5-7-20-10/h5-7,9H,8H2,1-4H3,(H,15,16,17)/t9-/m1/s1. The fourth-order valence-corrected chi connectivity index (χ4v) is 2.89. The topological polar surface area (TPSA) is 67.9 Å². The number of rotatable bonds is 5. The van der Waals surface area contributed by atoms with E-state index in [-0.39, 0.29) is 11.4 Å². The molecule has 0 unspecified atom stereocenters. The molecule has 2 rings (SSSR count). The molecule has 0 radical (unpaired) electrons. The summed E-state index contributed by atoms with van der Waals surface area (Å²) in [7, 11) is 0. The van der Waals surface area contributed by atoms with Crippen molar-refractivity contribution in [3.63, 3.8) is 0 Å². The largest absolute Gasteiger partial charge is 0.451 e. The lowest BCUT2D eigenvalue weighted by molar-refractivity contribution is -0.153. The van der Waals surface area contributed by atoms with Gasteiger partial charge in [0.15, 0.2) is 5.44 Å². The normalized spacial score (nSPS) is 13.1. The van der Waals surface area contributed by atoms with Gasteiger partial charge in [0, 0.05) is 11.3 Å². The second kappa shape index (κ2) is 6.62. The Morgan fingerprint density at radius 2 is 2.29 bits per heavy atom. The third-order valence-corrected chi connectivity index (χ3v) is 4.29. The summed E-state index contributed by atoms with van der Waals surface area (Å²) in [6.07, 6.45) is 0.737. The van der Waals surface area contributed by atoms with Crippen LogP contribution in [0.2, 0.25) is 0 Å². The van der Waals surface area contributed by atoms with Gasteiger partial charge in [0.25, 0.3) is 0 Å². The molecule has 114 valence electrons. The molecule has 0 bridgehead atoms. The molecule has 5 nitrogen and oxygen atoms in total. The fourth-order valence-electron chi connectivity index (χ4n) is 1.49. The first-order valence-electron chi connectivity index (χ1n) is 6.66. The average Bonchev–Trinajstić information content (AvgIpc) is 3.00.